The summed E-state index contributed by atoms with van der Waals surface area (Å²) in [4.78, 5) is 10.9. The van der Waals surface area contributed by atoms with Crippen molar-refractivity contribution in [3.05, 3.63) is 0 Å². The van der Waals surface area contributed by atoms with E-state index < -0.39 is 0 Å². The minimum Gasteiger partial charge on any atom is -0.375 e. The van der Waals surface area contributed by atoms with Crippen LogP contribution in [0.15, 0.2) is 0 Å². The highest BCUT2D eigenvalue weighted by Gasteiger charge is 1.97. The summed E-state index contributed by atoms with van der Waals surface area (Å²) in [5, 5.41) is 2.80. The van der Waals surface area contributed by atoms with E-state index in [-0.39, 0.29) is 12.5 Å². The van der Waals surface area contributed by atoms with E-state index in [1.54, 1.807) is 0 Å². The lowest BCUT2D eigenvalue weighted by Crippen LogP contribution is -2.27. The van der Waals surface area contributed by atoms with Crippen molar-refractivity contribution in [2.45, 2.75) is 39.0 Å². The molecule has 3 heteroatoms. The van der Waals surface area contributed by atoms with E-state index in [1.165, 1.54) is 32.8 Å². The number of methoxy groups -OCH3 is 1. The van der Waals surface area contributed by atoms with Gasteiger partial charge in [-0.3, -0.25) is 4.79 Å². The molecule has 3 nitrogen and oxygen atoms in total. The zero-order valence-corrected chi connectivity index (χ0v) is 8.77. The Bertz CT molecular complexity index is 126. The van der Waals surface area contributed by atoms with Crippen molar-refractivity contribution in [1.82, 2.24) is 5.32 Å². The van der Waals surface area contributed by atoms with Crippen LogP contribution in [0.1, 0.15) is 39.0 Å². The van der Waals surface area contributed by atoms with Gasteiger partial charge in [-0.1, -0.05) is 32.6 Å². The molecule has 0 rings (SSSR count). The Hall–Kier alpha value is -0.570. The highest BCUT2D eigenvalue weighted by atomic mass is 16.5. The minimum absolute atomic E-state index is 0.0157. The lowest BCUT2D eigenvalue weighted by molar-refractivity contribution is -0.124. The molecule has 0 aromatic carbocycles. The topological polar surface area (TPSA) is 38.3 Å². The van der Waals surface area contributed by atoms with Crippen molar-refractivity contribution in [2.24, 2.45) is 0 Å². The molecule has 1 amide bonds. The van der Waals surface area contributed by atoms with Crippen molar-refractivity contribution >= 4 is 5.91 Å². The highest BCUT2D eigenvalue weighted by molar-refractivity contribution is 5.77. The second kappa shape index (κ2) is 9.52. The fourth-order valence-corrected chi connectivity index (χ4v) is 1.14. The summed E-state index contributed by atoms with van der Waals surface area (Å²) in [5.74, 6) is -0.0157. The lowest BCUT2D eigenvalue weighted by atomic mass is 10.1. The first kappa shape index (κ1) is 12.4. The number of carbonyl (C=O) groups is 1. The summed E-state index contributed by atoms with van der Waals surface area (Å²) in [7, 11) is 1.53. The third kappa shape index (κ3) is 9.34. The molecule has 0 saturated heterocycles. The van der Waals surface area contributed by atoms with Crippen molar-refractivity contribution in [3.63, 3.8) is 0 Å². The fourth-order valence-electron chi connectivity index (χ4n) is 1.14. The van der Waals surface area contributed by atoms with Gasteiger partial charge in [0, 0.05) is 13.7 Å². The normalized spacial score (nSPS) is 10.0. The van der Waals surface area contributed by atoms with Crippen LogP contribution in [0.5, 0.6) is 0 Å². The second-order valence-electron chi connectivity index (χ2n) is 3.20. The molecular formula is C10H21NO2. The number of unbranched alkanes of at least 4 members (excludes halogenated alkanes) is 4. The monoisotopic (exact) mass is 187 g/mol. The van der Waals surface area contributed by atoms with Gasteiger partial charge in [-0.15, -0.1) is 0 Å². The van der Waals surface area contributed by atoms with Gasteiger partial charge in [-0.2, -0.15) is 0 Å². The van der Waals surface area contributed by atoms with E-state index in [4.69, 9.17) is 0 Å². The number of hydrogen-bond acceptors (Lipinski definition) is 2. The first-order valence-corrected chi connectivity index (χ1v) is 5.07. The van der Waals surface area contributed by atoms with Crippen molar-refractivity contribution in [2.75, 3.05) is 20.3 Å². The maximum Gasteiger partial charge on any atom is 0.245 e. The van der Waals surface area contributed by atoms with Gasteiger partial charge in [-0.05, 0) is 6.42 Å². The predicted molar refractivity (Wildman–Crippen MR) is 53.6 cm³/mol. The molecule has 0 saturated carbocycles. The summed E-state index contributed by atoms with van der Waals surface area (Å²) < 4.78 is 4.69. The Morgan fingerprint density at radius 3 is 2.54 bits per heavy atom. The molecule has 0 aliphatic rings. The van der Waals surface area contributed by atoms with Gasteiger partial charge in [0.1, 0.15) is 6.61 Å². The summed E-state index contributed by atoms with van der Waals surface area (Å²) in [6.45, 7) is 3.15. The molecule has 0 aromatic rings. The van der Waals surface area contributed by atoms with Crippen LogP contribution in [-0.2, 0) is 9.53 Å². The van der Waals surface area contributed by atoms with Crippen LogP contribution in [-0.4, -0.2) is 26.2 Å². The van der Waals surface area contributed by atoms with E-state index in [0.29, 0.717) is 0 Å². The first-order valence-electron chi connectivity index (χ1n) is 5.07. The van der Waals surface area contributed by atoms with E-state index in [1.807, 2.05) is 0 Å². The van der Waals surface area contributed by atoms with Gasteiger partial charge in [0.2, 0.25) is 5.91 Å². The lowest BCUT2D eigenvalue weighted by Gasteiger charge is -2.03. The Balaban J connectivity index is 3.02. The molecule has 0 heterocycles. The maximum atomic E-state index is 10.9. The van der Waals surface area contributed by atoms with E-state index in [0.717, 1.165) is 13.0 Å². The third-order valence-electron chi connectivity index (χ3n) is 1.88. The molecule has 0 fully saturated rings. The largest absolute Gasteiger partial charge is 0.375 e. The quantitative estimate of drug-likeness (QED) is 0.588. The minimum atomic E-state index is -0.0157. The average molecular weight is 187 g/mol. The Morgan fingerprint density at radius 2 is 1.92 bits per heavy atom. The average Bonchev–Trinajstić information content (AvgIpc) is 2.11. The molecule has 0 aromatic heterocycles. The molecule has 0 unspecified atom stereocenters. The summed E-state index contributed by atoms with van der Waals surface area (Å²) in [6, 6.07) is 0. The van der Waals surface area contributed by atoms with Gasteiger partial charge < -0.3 is 10.1 Å². The van der Waals surface area contributed by atoms with Gasteiger partial charge in [0.05, 0.1) is 0 Å². The molecule has 0 aliphatic carbocycles. The molecule has 0 atom stereocenters. The molecule has 13 heavy (non-hydrogen) atoms. The number of amides is 1. The zero-order chi connectivity index (χ0) is 9.94. The standard InChI is InChI=1S/C10H21NO2/c1-3-4-5-6-7-8-11-10(12)9-13-2/h3-9H2,1-2H3,(H,11,12). The maximum absolute atomic E-state index is 10.9. The summed E-state index contributed by atoms with van der Waals surface area (Å²) in [5.41, 5.74) is 0. The van der Waals surface area contributed by atoms with Crippen molar-refractivity contribution in [1.29, 1.82) is 0 Å². The van der Waals surface area contributed by atoms with E-state index >= 15 is 0 Å². The molecule has 78 valence electrons. The van der Waals surface area contributed by atoms with Crippen LogP contribution in [0.4, 0.5) is 0 Å². The molecule has 0 spiro atoms. The van der Waals surface area contributed by atoms with Crippen LogP contribution in [0, 0.1) is 0 Å². The number of nitrogens with one attached hydrogen (secondary N) is 1. The second-order valence-corrected chi connectivity index (χ2v) is 3.20. The van der Waals surface area contributed by atoms with Crippen molar-refractivity contribution in [3.8, 4) is 0 Å². The molecule has 0 bridgehead atoms. The Kier molecular flexibility index (Phi) is 9.10. The number of hydrogen-bond donors (Lipinski definition) is 1. The fraction of sp³-hybridized carbons (Fsp3) is 0.900. The number of carbonyl (C=O) groups excluding carboxylic acids is 1. The molecule has 1 N–H and O–H groups in total. The van der Waals surface area contributed by atoms with Crippen molar-refractivity contribution < 1.29 is 9.53 Å². The predicted octanol–water partition coefficient (Wildman–Crippen LogP) is 1.72. The molecule has 0 aliphatic heterocycles. The van der Waals surface area contributed by atoms with Crippen LogP contribution in [0.2, 0.25) is 0 Å². The Labute approximate surface area is 80.8 Å². The van der Waals surface area contributed by atoms with Crippen LogP contribution >= 0.6 is 0 Å². The smallest absolute Gasteiger partial charge is 0.245 e. The molecular weight excluding hydrogens is 166 g/mol. The summed E-state index contributed by atoms with van der Waals surface area (Å²) >= 11 is 0. The summed E-state index contributed by atoms with van der Waals surface area (Å²) in [6.07, 6.45) is 6.12. The van der Waals surface area contributed by atoms with Crippen LogP contribution in [0.3, 0.4) is 0 Å². The number of rotatable bonds is 8. The first-order chi connectivity index (χ1) is 6.31. The van der Waals surface area contributed by atoms with Crippen LogP contribution < -0.4 is 5.32 Å². The molecule has 0 radical (unpaired) electrons. The van der Waals surface area contributed by atoms with E-state index in [2.05, 4.69) is 17.0 Å². The highest BCUT2D eigenvalue weighted by Crippen LogP contribution is 2.00. The van der Waals surface area contributed by atoms with Crippen LogP contribution in [0.25, 0.3) is 0 Å². The van der Waals surface area contributed by atoms with Gasteiger partial charge in [0.15, 0.2) is 0 Å². The SMILES string of the molecule is CCCCCCCNC(=O)COC. The Morgan fingerprint density at radius 1 is 1.23 bits per heavy atom. The zero-order valence-electron chi connectivity index (χ0n) is 8.77. The van der Waals surface area contributed by atoms with E-state index in [9.17, 15) is 4.79 Å². The van der Waals surface area contributed by atoms with Gasteiger partial charge in [0.25, 0.3) is 0 Å². The number of ether oxygens (including phenoxy) is 1. The van der Waals surface area contributed by atoms with Gasteiger partial charge >= 0.3 is 0 Å². The third-order valence-corrected chi connectivity index (χ3v) is 1.88. The van der Waals surface area contributed by atoms with Gasteiger partial charge in [-0.25, -0.2) is 0 Å².